The highest BCUT2D eigenvalue weighted by molar-refractivity contribution is 6.16. The largest absolute Gasteiger partial charge is 0.464 e. The zero-order valence-corrected chi connectivity index (χ0v) is 13.7. The van der Waals surface area contributed by atoms with Gasteiger partial charge in [0.1, 0.15) is 0 Å². The molecular formula is C17H23N3O3. The van der Waals surface area contributed by atoms with Gasteiger partial charge in [0.2, 0.25) is 0 Å². The Hall–Kier alpha value is -2.11. The second kappa shape index (κ2) is 6.18. The summed E-state index contributed by atoms with van der Waals surface area (Å²) < 4.78 is 5.80. The van der Waals surface area contributed by atoms with Crippen LogP contribution in [0.25, 0.3) is 0 Å². The minimum Gasteiger partial charge on any atom is -0.464 e. The second-order valence-electron chi connectivity index (χ2n) is 6.32. The molecule has 1 aliphatic heterocycles. The number of carbonyl (C=O) groups excluding carboxylic acids is 2. The third-order valence-corrected chi connectivity index (χ3v) is 4.66. The van der Waals surface area contributed by atoms with Crippen molar-refractivity contribution in [1.29, 1.82) is 0 Å². The lowest BCUT2D eigenvalue weighted by Gasteiger charge is -2.39. The van der Waals surface area contributed by atoms with E-state index in [0.29, 0.717) is 18.1 Å². The molecule has 2 aliphatic rings. The molecule has 0 bridgehead atoms. The number of amides is 2. The zero-order chi connectivity index (χ0) is 16.4. The van der Waals surface area contributed by atoms with Crippen molar-refractivity contribution in [2.24, 2.45) is 0 Å². The van der Waals surface area contributed by atoms with Crippen LogP contribution in [-0.2, 0) is 9.59 Å². The number of fused-ring (bicyclic) bond motifs is 1. The molecule has 0 unspecified atom stereocenters. The first kappa shape index (κ1) is 15.8. The predicted octanol–water partition coefficient (Wildman–Crippen LogP) is 2.03. The van der Waals surface area contributed by atoms with E-state index in [-0.39, 0.29) is 17.9 Å². The summed E-state index contributed by atoms with van der Waals surface area (Å²) >= 11 is 0. The molecule has 124 valence electrons. The van der Waals surface area contributed by atoms with Gasteiger partial charge in [-0.15, -0.1) is 0 Å². The summed E-state index contributed by atoms with van der Waals surface area (Å²) in [5, 5.41) is 3.00. The minimum atomic E-state index is -1.54. The molecule has 6 nitrogen and oxygen atoms in total. The van der Waals surface area contributed by atoms with Crippen LogP contribution in [-0.4, -0.2) is 35.0 Å². The first-order valence-corrected chi connectivity index (χ1v) is 8.33. The molecule has 2 heterocycles. The molecule has 23 heavy (non-hydrogen) atoms. The van der Waals surface area contributed by atoms with Gasteiger partial charge in [-0.2, -0.15) is 0 Å². The van der Waals surface area contributed by atoms with Crippen LogP contribution >= 0.6 is 0 Å². The van der Waals surface area contributed by atoms with E-state index in [1.165, 1.54) is 11.3 Å². The Morgan fingerprint density at radius 1 is 1.43 bits per heavy atom. The van der Waals surface area contributed by atoms with Crippen molar-refractivity contribution in [2.75, 3.05) is 11.4 Å². The Kier molecular flexibility index (Phi) is 4.24. The Labute approximate surface area is 136 Å². The smallest absolute Gasteiger partial charge is 0.282 e. The van der Waals surface area contributed by atoms with Crippen LogP contribution in [0.5, 0.6) is 5.75 Å². The highest BCUT2D eigenvalue weighted by atomic mass is 16.5. The fraction of sp³-hybridized carbons (Fsp3) is 0.588. The van der Waals surface area contributed by atoms with Crippen molar-refractivity contribution in [3.05, 3.63) is 18.3 Å². The van der Waals surface area contributed by atoms with E-state index in [1.807, 2.05) is 6.92 Å². The number of ether oxygens (including phenoxy) is 1. The highest BCUT2D eigenvalue weighted by Crippen LogP contribution is 2.36. The third kappa shape index (κ3) is 2.78. The van der Waals surface area contributed by atoms with Gasteiger partial charge in [-0.3, -0.25) is 14.5 Å². The average molecular weight is 317 g/mol. The number of carbonyl (C=O) groups is 2. The number of aromatic nitrogens is 1. The summed E-state index contributed by atoms with van der Waals surface area (Å²) in [5.41, 5.74) is -1.54. The lowest BCUT2D eigenvalue weighted by molar-refractivity contribution is -0.149. The molecule has 1 fully saturated rings. The summed E-state index contributed by atoms with van der Waals surface area (Å²) in [5.74, 6) is 0.222. The van der Waals surface area contributed by atoms with Crippen molar-refractivity contribution >= 4 is 17.6 Å². The summed E-state index contributed by atoms with van der Waals surface area (Å²) in [7, 11) is 0. The number of nitrogens with zero attached hydrogens (tertiary/aromatic N) is 2. The molecule has 0 spiro atoms. The van der Waals surface area contributed by atoms with Crippen LogP contribution in [0.4, 0.5) is 5.82 Å². The monoisotopic (exact) mass is 317 g/mol. The number of hydrogen-bond donors (Lipinski definition) is 1. The fourth-order valence-electron chi connectivity index (χ4n) is 3.29. The summed E-state index contributed by atoms with van der Waals surface area (Å²) in [6.07, 6.45) is 6.98. The second-order valence-corrected chi connectivity index (χ2v) is 6.32. The first-order valence-electron chi connectivity index (χ1n) is 8.33. The Bertz CT molecular complexity index is 613. The Balaban J connectivity index is 1.85. The lowest BCUT2D eigenvalue weighted by Crippen LogP contribution is -2.63. The van der Waals surface area contributed by atoms with Crippen LogP contribution in [0, 0.1) is 0 Å². The zero-order valence-electron chi connectivity index (χ0n) is 13.7. The number of pyridine rings is 1. The summed E-state index contributed by atoms with van der Waals surface area (Å²) in [6, 6.07) is 3.61. The van der Waals surface area contributed by atoms with E-state index in [2.05, 4.69) is 10.3 Å². The topological polar surface area (TPSA) is 71.5 Å². The predicted molar refractivity (Wildman–Crippen MR) is 86.3 cm³/mol. The van der Waals surface area contributed by atoms with Gasteiger partial charge >= 0.3 is 0 Å². The number of anilines is 1. The van der Waals surface area contributed by atoms with Gasteiger partial charge in [0.15, 0.2) is 11.6 Å². The lowest BCUT2D eigenvalue weighted by atomic mass is 9.93. The minimum absolute atomic E-state index is 0.134. The maximum absolute atomic E-state index is 12.8. The van der Waals surface area contributed by atoms with E-state index >= 15 is 0 Å². The molecule has 0 saturated heterocycles. The number of hydrogen-bond acceptors (Lipinski definition) is 4. The normalized spacial score (nSPS) is 24.8. The van der Waals surface area contributed by atoms with E-state index < -0.39 is 5.60 Å². The summed E-state index contributed by atoms with van der Waals surface area (Å²) in [6.45, 7) is 3.85. The fourth-order valence-corrected chi connectivity index (χ4v) is 3.29. The molecule has 1 saturated carbocycles. The van der Waals surface area contributed by atoms with Gasteiger partial charge in [-0.25, -0.2) is 4.98 Å². The van der Waals surface area contributed by atoms with Crippen LogP contribution in [0.1, 0.15) is 46.0 Å². The van der Waals surface area contributed by atoms with Gasteiger partial charge in [-0.1, -0.05) is 19.3 Å². The van der Waals surface area contributed by atoms with Crippen LogP contribution in [0.2, 0.25) is 0 Å². The number of likely N-dealkylation sites (N-methyl/N-ethyl adjacent to an activating group) is 1. The molecular weight excluding hydrogens is 294 g/mol. The molecule has 0 aromatic carbocycles. The van der Waals surface area contributed by atoms with Crippen molar-refractivity contribution in [3.8, 4) is 5.75 Å². The molecule has 1 aromatic heterocycles. The maximum atomic E-state index is 12.8. The van der Waals surface area contributed by atoms with Crippen LogP contribution < -0.4 is 15.0 Å². The first-order chi connectivity index (χ1) is 11.1. The van der Waals surface area contributed by atoms with Gasteiger partial charge in [0, 0.05) is 18.8 Å². The van der Waals surface area contributed by atoms with Crippen molar-refractivity contribution in [3.63, 3.8) is 0 Å². The van der Waals surface area contributed by atoms with Gasteiger partial charge in [0.25, 0.3) is 17.4 Å². The Morgan fingerprint density at radius 3 is 2.87 bits per heavy atom. The molecule has 0 radical (unpaired) electrons. The maximum Gasteiger partial charge on any atom is 0.282 e. The average Bonchev–Trinajstić information content (AvgIpc) is 2.57. The van der Waals surface area contributed by atoms with E-state index in [9.17, 15) is 9.59 Å². The SMILES string of the molecule is CCN1C(=O)[C@](C)(C(=O)NC2CCCCC2)Oc2cccnc21. The molecule has 3 rings (SSSR count). The van der Waals surface area contributed by atoms with Crippen molar-refractivity contribution in [2.45, 2.75) is 57.6 Å². The molecule has 6 heteroatoms. The van der Waals surface area contributed by atoms with Crippen LogP contribution in [0.15, 0.2) is 18.3 Å². The summed E-state index contributed by atoms with van der Waals surface area (Å²) in [4.78, 5) is 31.3. The van der Waals surface area contributed by atoms with Gasteiger partial charge in [0.05, 0.1) is 0 Å². The van der Waals surface area contributed by atoms with E-state index in [0.717, 1.165) is 25.7 Å². The van der Waals surface area contributed by atoms with Gasteiger partial charge in [-0.05, 0) is 38.8 Å². The third-order valence-electron chi connectivity index (χ3n) is 4.66. The molecule has 2 amide bonds. The standard InChI is InChI=1S/C17H23N3O3/c1-3-20-14-13(10-7-11-18-14)23-17(2,16(20)22)15(21)19-12-8-5-4-6-9-12/h7,10-12H,3-6,8-9H2,1-2H3,(H,19,21)/t17-/m0/s1. The molecule has 1 N–H and O–H groups in total. The quantitative estimate of drug-likeness (QED) is 0.866. The number of rotatable bonds is 3. The number of nitrogens with one attached hydrogen (secondary N) is 1. The molecule has 1 aliphatic carbocycles. The van der Waals surface area contributed by atoms with E-state index in [4.69, 9.17) is 4.74 Å². The van der Waals surface area contributed by atoms with E-state index in [1.54, 1.807) is 25.3 Å². The molecule has 1 aromatic rings. The van der Waals surface area contributed by atoms with Crippen molar-refractivity contribution in [1.82, 2.24) is 10.3 Å². The van der Waals surface area contributed by atoms with Crippen molar-refractivity contribution < 1.29 is 14.3 Å². The molecule has 1 atom stereocenters. The highest BCUT2D eigenvalue weighted by Gasteiger charge is 2.51. The van der Waals surface area contributed by atoms with Gasteiger partial charge < -0.3 is 10.1 Å². The van der Waals surface area contributed by atoms with Crippen LogP contribution in [0.3, 0.4) is 0 Å². The Morgan fingerprint density at radius 2 is 2.17 bits per heavy atom.